The van der Waals surface area contributed by atoms with E-state index in [1.54, 1.807) is 4.90 Å². The van der Waals surface area contributed by atoms with Gasteiger partial charge in [-0.3, -0.25) is 9.59 Å². The predicted molar refractivity (Wildman–Crippen MR) is 93.0 cm³/mol. The summed E-state index contributed by atoms with van der Waals surface area (Å²) in [5.74, 6) is -0.269. The fourth-order valence-electron chi connectivity index (χ4n) is 3.06. The second-order valence-corrected chi connectivity index (χ2v) is 6.30. The van der Waals surface area contributed by atoms with Crippen LogP contribution in [0.25, 0.3) is 0 Å². The van der Waals surface area contributed by atoms with Gasteiger partial charge in [-0.25, -0.2) is 0 Å². The highest BCUT2D eigenvalue weighted by atomic mass is 16.2. The topological polar surface area (TPSA) is 49.4 Å². The van der Waals surface area contributed by atoms with Crippen LogP contribution in [0.3, 0.4) is 0 Å². The van der Waals surface area contributed by atoms with Crippen molar-refractivity contribution in [3.63, 3.8) is 0 Å². The smallest absolute Gasteiger partial charge is 0.225 e. The van der Waals surface area contributed by atoms with Crippen LogP contribution in [0.2, 0.25) is 0 Å². The Morgan fingerprint density at radius 1 is 1.12 bits per heavy atom. The monoisotopic (exact) mass is 322 g/mol. The summed E-state index contributed by atoms with van der Waals surface area (Å²) in [5.41, 5.74) is 2.15. The van der Waals surface area contributed by atoms with E-state index in [4.69, 9.17) is 0 Å². The summed E-state index contributed by atoms with van der Waals surface area (Å²) in [6.07, 6.45) is 0.292. The van der Waals surface area contributed by atoms with Gasteiger partial charge in [0, 0.05) is 19.5 Å². The zero-order valence-corrected chi connectivity index (χ0v) is 13.8. The van der Waals surface area contributed by atoms with Gasteiger partial charge in [-0.2, -0.15) is 0 Å². The zero-order valence-electron chi connectivity index (χ0n) is 13.8. The Labute approximate surface area is 142 Å². The molecule has 2 atom stereocenters. The zero-order chi connectivity index (χ0) is 16.9. The van der Waals surface area contributed by atoms with Crippen molar-refractivity contribution in [2.24, 2.45) is 5.92 Å². The van der Waals surface area contributed by atoms with Gasteiger partial charge in [-0.1, -0.05) is 60.7 Å². The molecule has 1 N–H and O–H groups in total. The first-order valence-electron chi connectivity index (χ1n) is 8.30. The minimum Gasteiger partial charge on any atom is -0.349 e. The molecule has 4 heteroatoms. The summed E-state index contributed by atoms with van der Waals surface area (Å²) >= 11 is 0. The van der Waals surface area contributed by atoms with Crippen LogP contribution < -0.4 is 5.32 Å². The van der Waals surface area contributed by atoms with Crippen LogP contribution in [0.1, 0.15) is 30.5 Å². The summed E-state index contributed by atoms with van der Waals surface area (Å²) < 4.78 is 0. The maximum Gasteiger partial charge on any atom is 0.225 e. The summed E-state index contributed by atoms with van der Waals surface area (Å²) in [6, 6.07) is 19.7. The van der Waals surface area contributed by atoms with Gasteiger partial charge in [0.25, 0.3) is 0 Å². The quantitative estimate of drug-likeness (QED) is 0.920. The molecular weight excluding hydrogens is 300 g/mol. The summed E-state index contributed by atoms with van der Waals surface area (Å²) in [6.45, 7) is 3.02. The Morgan fingerprint density at radius 2 is 1.75 bits per heavy atom. The summed E-state index contributed by atoms with van der Waals surface area (Å²) in [7, 11) is 0. The molecule has 1 saturated heterocycles. The Hall–Kier alpha value is -2.62. The molecule has 0 aliphatic carbocycles. The van der Waals surface area contributed by atoms with E-state index >= 15 is 0 Å². The molecule has 2 aromatic carbocycles. The lowest BCUT2D eigenvalue weighted by Gasteiger charge is -2.19. The van der Waals surface area contributed by atoms with Crippen LogP contribution in [-0.2, 0) is 16.1 Å². The van der Waals surface area contributed by atoms with Gasteiger partial charge in [0.05, 0.1) is 12.0 Å². The molecule has 2 unspecified atom stereocenters. The van der Waals surface area contributed by atoms with Crippen LogP contribution in [0.5, 0.6) is 0 Å². The molecule has 0 aromatic heterocycles. The maximum absolute atomic E-state index is 12.5. The van der Waals surface area contributed by atoms with E-state index in [0.29, 0.717) is 19.5 Å². The highest BCUT2D eigenvalue weighted by Gasteiger charge is 2.34. The lowest BCUT2D eigenvalue weighted by atomic mass is 10.1. The third-order valence-corrected chi connectivity index (χ3v) is 4.46. The van der Waals surface area contributed by atoms with Gasteiger partial charge in [0.2, 0.25) is 11.8 Å². The SMILES string of the molecule is CC(NC(=O)C1CC(=O)N(Cc2ccccc2)C1)c1ccccc1. The van der Waals surface area contributed by atoms with Crippen molar-refractivity contribution in [1.29, 1.82) is 0 Å². The largest absolute Gasteiger partial charge is 0.349 e. The number of amides is 2. The molecule has 0 bridgehead atoms. The van der Waals surface area contributed by atoms with Crippen LogP contribution in [0.15, 0.2) is 60.7 Å². The van der Waals surface area contributed by atoms with Crippen molar-refractivity contribution in [2.75, 3.05) is 6.54 Å². The molecule has 1 fully saturated rings. The number of nitrogens with zero attached hydrogens (tertiary/aromatic N) is 1. The first-order chi connectivity index (χ1) is 11.6. The molecule has 1 heterocycles. The molecule has 2 aromatic rings. The molecule has 0 radical (unpaired) electrons. The van der Waals surface area contributed by atoms with Crippen molar-refractivity contribution >= 4 is 11.8 Å². The number of hydrogen-bond donors (Lipinski definition) is 1. The number of carbonyl (C=O) groups is 2. The van der Waals surface area contributed by atoms with Crippen LogP contribution in [-0.4, -0.2) is 23.3 Å². The third-order valence-electron chi connectivity index (χ3n) is 4.46. The molecule has 1 aliphatic heterocycles. The molecule has 1 aliphatic rings. The lowest BCUT2D eigenvalue weighted by molar-refractivity contribution is -0.129. The number of likely N-dealkylation sites (tertiary alicyclic amines) is 1. The van der Waals surface area contributed by atoms with Crippen LogP contribution in [0, 0.1) is 5.92 Å². The minimum absolute atomic E-state index is 0.0461. The molecule has 2 amide bonds. The minimum atomic E-state index is -0.271. The van der Waals surface area contributed by atoms with Gasteiger partial charge in [-0.15, -0.1) is 0 Å². The van der Waals surface area contributed by atoms with Crippen molar-refractivity contribution < 1.29 is 9.59 Å². The number of hydrogen-bond acceptors (Lipinski definition) is 2. The predicted octanol–water partition coefficient (Wildman–Crippen LogP) is 2.91. The van der Waals surface area contributed by atoms with E-state index in [-0.39, 0.29) is 23.8 Å². The molecule has 3 rings (SSSR count). The molecule has 0 spiro atoms. The second kappa shape index (κ2) is 7.30. The molecule has 0 saturated carbocycles. The van der Waals surface area contributed by atoms with Crippen molar-refractivity contribution in [1.82, 2.24) is 10.2 Å². The Kier molecular flexibility index (Phi) is 4.94. The number of benzene rings is 2. The highest BCUT2D eigenvalue weighted by molar-refractivity contribution is 5.89. The Balaban J connectivity index is 1.58. The van der Waals surface area contributed by atoms with E-state index in [2.05, 4.69) is 5.32 Å². The summed E-state index contributed by atoms with van der Waals surface area (Å²) in [5, 5.41) is 3.03. The van der Waals surface area contributed by atoms with E-state index < -0.39 is 0 Å². The van der Waals surface area contributed by atoms with Crippen molar-refractivity contribution in [3.8, 4) is 0 Å². The highest BCUT2D eigenvalue weighted by Crippen LogP contribution is 2.22. The second-order valence-electron chi connectivity index (χ2n) is 6.30. The first-order valence-corrected chi connectivity index (χ1v) is 8.30. The van der Waals surface area contributed by atoms with Gasteiger partial charge in [-0.05, 0) is 18.1 Å². The van der Waals surface area contributed by atoms with Crippen LogP contribution >= 0.6 is 0 Å². The van der Waals surface area contributed by atoms with E-state index in [1.165, 1.54) is 0 Å². The fourth-order valence-corrected chi connectivity index (χ4v) is 3.06. The average molecular weight is 322 g/mol. The molecular formula is C20H22N2O2. The molecule has 24 heavy (non-hydrogen) atoms. The average Bonchev–Trinajstić information content (AvgIpc) is 2.97. The van der Waals surface area contributed by atoms with E-state index in [9.17, 15) is 9.59 Å². The normalized spacial score (nSPS) is 18.5. The van der Waals surface area contributed by atoms with E-state index in [0.717, 1.165) is 11.1 Å². The fraction of sp³-hybridized carbons (Fsp3) is 0.300. The lowest BCUT2D eigenvalue weighted by Crippen LogP contribution is -2.34. The number of nitrogens with one attached hydrogen (secondary N) is 1. The van der Waals surface area contributed by atoms with Crippen LogP contribution in [0.4, 0.5) is 0 Å². The Morgan fingerprint density at radius 3 is 2.42 bits per heavy atom. The maximum atomic E-state index is 12.5. The third kappa shape index (κ3) is 3.82. The van der Waals surface area contributed by atoms with Gasteiger partial charge in [0.1, 0.15) is 0 Å². The summed E-state index contributed by atoms with van der Waals surface area (Å²) in [4.78, 5) is 26.4. The molecule has 124 valence electrons. The standard InChI is InChI=1S/C20H22N2O2/c1-15(17-10-6-3-7-11-17)21-20(24)18-12-19(23)22(14-18)13-16-8-4-2-5-9-16/h2-11,15,18H,12-14H2,1H3,(H,21,24). The van der Waals surface area contributed by atoms with Crippen molar-refractivity contribution in [3.05, 3.63) is 71.8 Å². The van der Waals surface area contributed by atoms with Gasteiger partial charge >= 0.3 is 0 Å². The van der Waals surface area contributed by atoms with Gasteiger partial charge < -0.3 is 10.2 Å². The number of rotatable bonds is 5. The van der Waals surface area contributed by atoms with Crippen molar-refractivity contribution in [2.45, 2.75) is 25.9 Å². The number of carbonyl (C=O) groups excluding carboxylic acids is 2. The molecule has 4 nitrogen and oxygen atoms in total. The Bertz CT molecular complexity index is 700. The first kappa shape index (κ1) is 16.2. The van der Waals surface area contributed by atoms with E-state index in [1.807, 2.05) is 67.6 Å². The van der Waals surface area contributed by atoms with Gasteiger partial charge in [0.15, 0.2) is 0 Å².